The molecule has 0 fully saturated rings. The number of nitrogens with one attached hydrogen (secondary N) is 2. The molecule has 1 aromatic heterocycles. The minimum Gasteiger partial charge on any atom is -0.394 e. The van der Waals surface area contributed by atoms with Gasteiger partial charge in [-0.05, 0) is 36.4 Å². The third-order valence-electron chi connectivity index (χ3n) is 4.51. The zero-order chi connectivity index (χ0) is 23.3. The summed E-state index contributed by atoms with van der Waals surface area (Å²) in [7, 11) is 0. The van der Waals surface area contributed by atoms with Gasteiger partial charge in [0.1, 0.15) is 12.0 Å². The Hall–Kier alpha value is -3.73. The molecule has 3 amide bonds. The SMILES string of the molecule is NC(=O)c1ncn(-c2ccc(NC(=O)c3ccccc3Cl)cc2)c1C(=O)NC(CO)CO. The lowest BCUT2D eigenvalue weighted by molar-refractivity contribution is 0.0864. The zero-order valence-corrected chi connectivity index (χ0v) is 17.4. The van der Waals surface area contributed by atoms with Crippen molar-refractivity contribution in [3.05, 3.63) is 76.8 Å². The largest absolute Gasteiger partial charge is 0.394 e. The van der Waals surface area contributed by atoms with Crippen LogP contribution >= 0.6 is 11.6 Å². The Bertz CT molecular complexity index is 1140. The van der Waals surface area contributed by atoms with Gasteiger partial charge in [-0.2, -0.15) is 0 Å². The van der Waals surface area contributed by atoms with Crippen molar-refractivity contribution in [2.45, 2.75) is 6.04 Å². The van der Waals surface area contributed by atoms with Crippen molar-refractivity contribution in [3.8, 4) is 5.69 Å². The minimum absolute atomic E-state index is 0.155. The van der Waals surface area contributed by atoms with Crippen LogP contribution in [-0.4, -0.2) is 56.7 Å². The molecule has 0 atom stereocenters. The molecule has 1 heterocycles. The first kappa shape index (κ1) is 22.9. The first-order valence-electron chi connectivity index (χ1n) is 9.41. The second-order valence-corrected chi connectivity index (χ2v) is 7.10. The van der Waals surface area contributed by atoms with E-state index in [2.05, 4.69) is 15.6 Å². The van der Waals surface area contributed by atoms with Gasteiger partial charge in [0.15, 0.2) is 5.69 Å². The van der Waals surface area contributed by atoms with Crippen LogP contribution < -0.4 is 16.4 Å². The van der Waals surface area contributed by atoms with E-state index in [1.807, 2.05) is 0 Å². The highest BCUT2D eigenvalue weighted by atomic mass is 35.5. The molecule has 0 saturated carbocycles. The summed E-state index contributed by atoms with van der Waals surface area (Å²) < 4.78 is 1.33. The average molecular weight is 458 g/mol. The summed E-state index contributed by atoms with van der Waals surface area (Å²) >= 11 is 6.04. The highest BCUT2D eigenvalue weighted by molar-refractivity contribution is 6.34. The number of rotatable bonds is 8. The number of benzene rings is 2. The van der Waals surface area contributed by atoms with Crippen LogP contribution in [0.15, 0.2) is 54.9 Å². The Kier molecular flexibility index (Phi) is 7.21. The summed E-state index contributed by atoms with van der Waals surface area (Å²) in [6.45, 7) is -0.996. The molecule has 0 unspecified atom stereocenters. The fourth-order valence-electron chi connectivity index (χ4n) is 2.89. The molecule has 0 aliphatic rings. The molecule has 6 N–H and O–H groups in total. The smallest absolute Gasteiger partial charge is 0.271 e. The molecule has 10 nitrogen and oxygen atoms in total. The summed E-state index contributed by atoms with van der Waals surface area (Å²) in [5.74, 6) is -2.05. The number of carbonyl (C=O) groups excluding carboxylic acids is 3. The summed E-state index contributed by atoms with van der Waals surface area (Å²) in [5.41, 5.74) is 6.16. The van der Waals surface area contributed by atoms with E-state index in [1.54, 1.807) is 48.5 Å². The van der Waals surface area contributed by atoms with Crippen molar-refractivity contribution < 1.29 is 24.6 Å². The van der Waals surface area contributed by atoms with Crippen molar-refractivity contribution in [1.82, 2.24) is 14.9 Å². The van der Waals surface area contributed by atoms with Gasteiger partial charge in [-0.1, -0.05) is 23.7 Å². The van der Waals surface area contributed by atoms with Gasteiger partial charge in [-0.25, -0.2) is 4.98 Å². The number of aromatic nitrogens is 2. The van der Waals surface area contributed by atoms with Gasteiger partial charge in [0, 0.05) is 11.4 Å². The van der Waals surface area contributed by atoms with Crippen molar-refractivity contribution in [2.24, 2.45) is 5.73 Å². The molecule has 32 heavy (non-hydrogen) atoms. The van der Waals surface area contributed by atoms with E-state index in [-0.39, 0.29) is 17.3 Å². The lowest BCUT2D eigenvalue weighted by Crippen LogP contribution is -2.41. The summed E-state index contributed by atoms with van der Waals surface area (Å²) in [6.07, 6.45) is 1.25. The van der Waals surface area contributed by atoms with Crippen molar-refractivity contribution >= 4 is 35.0 Å². The lowest BCUT2D eigenvalue weighted by atomic mass is 10.2. The van der Waals surface area contributed by atoms with Crippen LogP contribution in [-0.2, 0) is 0 Å². The van der Waals surface area contributed by atoms with Gasteiger partial charge in [0.05, 0.1) is 29.8 Å². The predicted octanol–water partition coefficient (Wildman–Crippen LogP) is 0.960. The van der Waals surface area contributed by atoms with Crippen LogP contribution in [0.4, 0.5) is 5.69 Å². The standard InChI is InChI=1S/C21H20ClN5O5/c22-16-4-2-1-3-15(16)20(31)25-12-5-7-14(8-6-12)27-11-24-17(19(23)30)18(27)21(32)26-13(9-28)10-29/h1-8,11,13,28-29H,9-10H2,(H2,23,30)(H,25,31)(H,26,32). The number of hydrogen-bond donors (Lipinski definition) is 5. The van der Waals surface area contributed by atoms with Crippen molar-refractivity contribution in [1.29, 1.82) is 0 Å². The molecule has 0 aliphatic carbocycles. The van der Waals surface area contributed by atoms with Crippen molar-refractivity contribution in [2.75, 3.05) is 18.5 Å². The van der Waals surface area contributed by atoms with E-state index < -0.39 is 31.1 Å². The number of halogens is 1. The molecule has 0 bridgehead atoms. The van der Waals surface area contributed by atoms with Crippen LogP contribution in [0.2, 0.25) is 5.02 Å². The van der Waals surface area contributed by atoms with E-state index in [1.165, 1.54) is 10.9 Å². The van der Waals surface area contributed by atoms with Crippen LogP contribution in [0.5, 0.6) is 0 Å². The van der Waals surface area contributed by atoms with E-state index in [4.69, 9.17) is 17.3 Å². The molecule has 0 spiro atoms. The monoisotopic (exact) mass is 457 g/mol. The normalized spacial score (nSPS) is 10.8. The topological polar surface area (TPSA) is 160 Å². The second kappa shape index (κ2) is 10.1. The molecular weight excluding hydrogens is 438 g/mol. The molecule has 0 aliphatic heterocycles. The van der Waals surface area contributed by atoms with Gasteiger partial charge < -0.3 is 26.6 Å². The zero-order valence-electron chi connectivity index (χ0n) is 16.7. The Morgan fingerprint density at radius 1 is 1.03 bits per heavy atom. The Morgan fingerprint density at radius 3 is 2.28 bits per heavy atom. The van der Waals surface area contributed by atoms with Crippen molar-refractivity contribution in [3.63, 3.8) is 0 Å². The minimum atomic E-state index is -0.922. The summed E-state index contributed by atoms with van der Waals surface area (Å²) in [4.78, 5) is 40.8. The number of imidazole rings is 1. The van der Waals surface area contributed by atoms with Gasteiger partial charge >= 0.3 is 0 Å². The van der Waals surface area contributed by atoms with Gasteiger partial charge in [-0.15, -0.1) is 0 Å². The number of primary amides is 1. The quantitative estimate of drug-likeness (QED) is 0.338. The molecule has 0 radical (unpaired) electrons. The third-order valence-corrected chi connectivity index (χ3v) is 4.84. The van der Waals surface area contributed by atoms with E-state index in [0.29, 0.717) is 22.0 Å². The Morgan fingerprint density at radius 2 is 1.69 bits per heavy atom. The summed E-state index contributed by atoms with van der Waals surface area (Å²) in [5, 5.41) is 23.9. The number of nitrogens with zero attached hydrogens (tertiary/aromatic N) is 2. The van der Waals surface area contributed by atoms with Crippen LogP contribution in [0.1, 0.15) is 31.3 Å². The van der Waals surface area contributed by atoms with Crippen LogP contribution in [0, 0.1) is 0 Å². The number of amides is 3. The molecule has 11 heteroatoms. The predicted molar refractivity (Wildman–Crippen MR) is 117 cm³/mol. The Labute approximate surface area is 187 Å². The van der Waals surface area contributed by atoms with Crippen LogP contribution in [0.3, 0.4) is 0 Å². The van der Waals surface area contributed by atoms with E-state index >= 15 is 0 Å². The maximum atomic E-state index is 12.7. The maximum Gasteiger partial charge on any atom is 0.271 e. The van der Waals surface area contributed by atoms with Gasteiger partial charge in [-0.3, -0.25) is 19.0 Å². The van der Waals surface area contributed by atoms with Crippen LogP contribution in [0.25, 0.3) is 5.69 Å². The highest BCUT2D eigenvalue weighted by Crippen LogP contribution is 2.20. The molecular formula is C21H20ClN5O5. The molecule has 166 valence electrons. The number of anilines is 1. The molecule has 2 aromatic carbocycles. The lowest BCUT2D eigenvalue weighted by Gasteiger charge is -2.15. The van der Waals surface area contributed by atoms with Gasteiger partial charge in [0.25, 0.3) is 17.7 Å². The first-order chi connectivity index (χ1) is 15.3. The first-order valence-corrected chi connectivity index (χ1v) is 9.79. The van der Waals surface area contributed by atoms with E-state index in [9.17, 15) is 24.6 Å². The number of hydrogen-bond acceptors (Lipinski definition) is 6. The number of carbonyl (C=O) groups is 3. The van der Waals surface area contributed by atoms with Gasteiger partial charge in [0.2, 0.25) is 0 Å². The fraction of sp³-hybridized carbons (Fsp3) is 0.143. The Balaban J connectivity index is 1.87. The average Bonchev–Trinajstić information content (AvgIpc) is 3.24. The molecule has 3 aromatic rings. The number of aliphatic hydroxyl groups is 2. The fourth-order valence-corrected chi connectivity index (χ4v) is 3.11. The number of aliphatic hydroxyl groups excluding tert-OH is 2. The summed E-state index contributed by atoms with van der Waals surface area (Å²) in [6, 6.07) is 12.1. The second-order valence-electron chi connectivity index (χ2n) is 6.69. The molecule has 0 saturated heterocycles. The number of nitrogens with two attached hydrogens (primary N) is 1. The van der Waals surface area contributed by atoms with E-state index in [0.717, 1.165) is 0 Å². The third kappa shape index (κ3) is 4.94. The highest BCUT2D eigenvalue weighted by Gasteiger charge is 2.25. The molecule has 3 rings (SSSR count). The maximum absolute atomic E-state index is 12.7.